The number of nitrogens with one attached hydrogen (secondary N) is 4. The lowest BCUT2D eigenvalue weighted by Gasteiger charge is -2.16. The van der Waals surface area contributed by atoms with Crippen molar-refractivity contribution in [3.63, 3.8) is 0 Å². The predicted octanol–water partition coefficient (Wildman–Crippen LogP) is 2.51. The average molecular weight is 672 g/mol. The minimum atomic E-state index is -5.08. The standard InChI is InChI=1S/C24H27N7O9.C2HF3O2/c1-15(21(32)27-18-10-11-25-12-18)26-22(28-23(33)39-13-16-2-6-19(7-3-16)30(35)36)29-24(34)40-14-17-4-8-20(9-5-17)31(37)38;3-2(4,5)1(6)7/h2-9,15,18,25H,10-14H2,1H3,(H,27,32)(H2,26,28,29,33,34);(H,6,7)/t15-,18+;/m1./s1. The number of nitrogens with zero attached hydrogens (tertiary/aromatic N) is 3. The van der Waals surface area contributed by atoms with Crippen LogP contribution < -0.4 is 21.3 Å². The molecule has 1 fully saturated rings. The number of aliphatic imine (C=N–C) groups is 1. The molecule has 3 amide bonds. The van der Waals surface area contributed by atoms with E-state index in [9.17, 15) is 47.8 Å². The Bertz CT molecular complexity index is 1390. The van der Waals surface area contributed by atoms with Crippen LogP contribution >= 0.6 is 0 Å². The fourth-order valence-corrected chi connectivity index (χ4v) is 3.44. The molecule has 0 unspecified atom stereocenters. The van der Waals surface area contributed by atoms with Crippen LogP contribution in [0.1, 0.15) is 24.5 Å². The molecule has 0 radical (unpaired) electrons. The summed E-state index contributed by atoms with van der Waals surface area (Å²) >= 11 is 0. The second-order valence-electron chi connectivity index (χ2n) is 9.40. The first-order valence-corrected chi connectivity index (χ1v) is 13.3. The van der Waals surface area contributed by atoms with E-state index in [1.807, 2.05) is 0 Å². The van der Waals surface area contributed by atoms with E-state index < -0.39 is 52.1 Å². The molecule has 5 N–H and O–H groups in total. The van der Waals surface area contributed by atoms with Gasteiger partial charge in [-0.25, -0.2) is 19.4 Å². The topological polar surface area (TPSA) is 254 Å². The molecule has 0 aliphatic carbocycles. The molecule has 0 spiro atoms. The molecule has 2 aromatic rings. The third-order valence-electron chi connectivity index (χ3n) is 5.83. The summed E-state index contributed by atoms with van der Waals surface area (Å²) < 4.78 is 41.9. The number of hydrogen-bond acceptors (Lipinski definition) is 12. The molecule has 2 atom stereocenters. The second kappa shape index (κ2) is 17.6. The first-order valence-electron chi connectivity index (χ1n) is 13.3. The highest BCUT2D eigenvalue weighted by Crippen LogP contribution is 2.14. The van der Waals surface area contributed by atoms with Crippen LogP contribution in [0.15, 0.2) is 53.5 Å². The molecule has 1 aliphatic rings. The Hall–Kier alpha value is -5.86. The number of nitro groups is 2. The molecule has 254 valence electrons. The number of non-ortho nitro benzene ring substituents is 2. The smallest absolute Gasteiger partial charge is 0.475 e. The van der Waals surface area contributed by atoms with Crippen molar-refractivity contribution in [1.29, 1.82) is 0 Å². The van der Waals surface area contributed by atoms with Gasteiger partial charge >= 0.3 is 24.3 Å². The van der Waals surface area contributed by atoms with Crippen molar-refractivity contribution >= 4 is 41.4 Å². The maximum Gasteiger partial charge on any atom is 0.490 e. The predicted molar refractivity (Wildman–Crippen MR) is 153 cm³/mol. The number of alkyl carbamates (subject to hydrolysis) is 2. The van der Waals surface area contributed by atoms with Crippen molar-refractivity contribution in [3.8, 4) is 0 Å². The normalized spacial score (nSPS) is 14.3. The average Bonchev–Trinajstić information content (AvgIpc) is 3.52. The van der Waals surface area contributed by atoms with E-state index in [-0.39, 0.29) is 30.6 Å². The zero-order valence-corrected chi connectivity index (χ0v) is 24.3. The summed E-state index contributed by atoms with van der Waals surface area (Å²) in [5.74, 6) is -3.62. The van der Waals surface area contributed by atoms with Crippen LogP contribution in [0.4, 0.5) is 34.1 Å². The molecule has 3 rings (SSSR count). The number of ether oxygens (including phenoxy) is 2. The van der Waals surface area contributed by atoms with Crippen molar-refractivity contribution < 1.29 is 56.8 Å². The van der Waals surface area contributed by atoms with Gasteiger partial charge in [-0.3, -0.25) is 35.7 Å². The van der Waals surface area contributed by atoms with Gasteiger partial charge in [0.15, 0.2) is 0 Å². The van der Waals surface area contributed by atoms with Crippen LogP contribution in [0.25, 0.3) is 0 Å². The number of halogens is 3. The summed E-state index contributed by atoms with van der Waals surface area (Å²) in [7, 11) is 0. The summed E-state index contributed by atoms with van der Waals surface area (Å²) in [4.78, 5) is 70.8. The molecular weight excluding hydrogens is 643 g/mol. The van der Waals surface area contributed by atoms with E-state index in [1.165, 1.54) is 55.5 Å². The van der Waals surface area contributed by atoms with Crippen molar-refractivity contribution in [2.45, 2.75) is 44.8 Å². The van der Waals surface area contributed by atoms with Crippen LogP contribution in [0, 0.1) is 20.2 Å². The van der Waals surface area contributed by atoms with E-state index in [0.29, 0.717) is 17.7 Å². The summed E-state index contributed by atoms with van der Waals surface area (Å²) in [6.45, 7) is 2.35. The van der Waals surface area contributed by atoms with Gasteiger partial charge in [0.2, 0.25) is 11.9 Å². The van der Waals surface area contributed by atoms with E-state index >= 15 is 0 Å². The monoisotopic (exact) mass is 671 g/mol. The number of amides is 3. The molecule has 47 heavy (non-hydrogen) atoms. The van der Waals surface area contributed by atoms with Gasteiger partial charge in [-0.1, -0.05) is 0 Å². The number of carbonyl (C=O) groups excluding carboxylic acids is 3. The highest BCUT2D eigenvalue weighted by molar-refractivity contribution is 6.02. The Morgan fingerprint density at radius 2 is 1.36 bits per heavy atom. The van der Waals surface area contributed by atoms with Crippen molar-refractivity contribution in [2.24, 2.45) is 4.99 Å². The highest BCUT2D eigenvalue weighted by Gasteiger charge is 2.38. The van der Waals surface area contributed by atoms with E-state index in [4.69, 9.17) is 19.4 Å². The largest absolute Gasteiger partial charge is 0.490 e. The van der Waals surface area contributed by atoms with Crippen LogP contribution in [-0.4, -0.2) is 76.3 Å². The molecule has 2 aromatic carbocycles. The van der Waals surface area contributed by atoms with Crippen molar-refractivity contribution in [3.05, 3.63) is 79.9 Å². The van der Waals surface area contributed by atoms with Crippen LogP contribution in [-0.2, 0) is 32.3 Å². The van der Waals surface area contributed by atoms with Gasteiger partial charge in [0.25, 0.3) is 11.4 Å². The number of rotatable bonds is 9. The second-order valence-corrected chi connectivity index (χ2v) is 9.40. The number of hydrogen-bond donors (Lipinski definition) is 5. The Morgan fingerprint density at radius 1 is 0.936 bits per heavy atom. The molecule has 18 nitrogen and oxygen atoms in total. The van der Waals surface area contributed by atoms with Gasteiger partial charge in [0.05, 0.1) is 9.85 Å². The molecule has 0 saturated carbocycles. The minimum absolute atomic E-state index is 0.0761. The van der Waals surface area contributed by atoms with Gasteiger partial charge in [-0.15, -0.1) is 0 Å². The van der Waals surface area contributed by atoms with Crippen LogP contribution in [0.3, 0.4) is 0 Å². The summed E-state index contributed by atoms with van der Waals surface area (Å²) in [5, 5.41) is 39.1. The first kappa shape index (κ1) is 37.3. The van der Waals surface area contributed by atoms with Crippen LogP contribution in [0.2, 0.25) is 0 Å². The number of alkyl halides is 3. The number of nitro benzene ring substituents is 2. The quantitative estimate of drug-likeness (QED) is 0.112. The maximum atomic E-state index is 12.5. The highest BCUT2D eigenvalue weighted by atomic mass is 19.4. The molecule has 1 heterocycles. The number of carboxylic acid groups (broad SMARTS) is 1. The first-order chi connectivity index (χ1) is 22.0. The number of carboxylic acids is 1. The van der Waals surface area contributed by atoms with Gasteiger partial charge in [0, 0.05) is 36.9 Å². The summed E-state index contributed by atoms with van der Waals surface area (Å²) in [6.07, 6.45) is -6.39. The number of aliphatic carboxylic acids is 1. The molecule has 1 aliphatic heterocycles. The van der Waals surface area contributed by atoms with Gasteiger partial charge < -0.3 is 25.2 Å². The van der Waals surface area contributed by atoms with E-state index in [2.05, 4.69) is 26.3 Å². The lowest BCUT2D eigenvalue weighted by Crippen LogP contribution is -2.47. The molecule has 0 bridgehead atoms. The van der Waals surface area contributed by atoms with Gasteiger partial charge in [0.1, 0.15) is 19.3 Å². The Kier molecular flexibility index (Phi) is 14.0. The Labute approximate surface area is 262 Å². The molecule has 21 heteroatoms. The minimum Gasteiger partial charge on any atom is -0.475 e. The van der Waals surface area contributed by atoms with E-state index in [0.717, 1.165) is 13.0 Å². The lowest BCUT2D eigenvalue weighted by atomic mass is 10.2. The number of carbonyl (C=O) groups is 4. The molecule has 0 aromatic heterocycles. The number of guanidine groups is 1. The fourth-order valence-electron chi connectivity index (χ4n) is 3.44. The molecule has 1 saturated heterocycles. The SMILES string of the molecule is C[C@@H](N=C(NC(=O)OCc1ccc([N+](=O)[O-])cc1)NC(=O)OCc1ccc([N+](=O)[O-])cc1)C(=O)N[C@H]1CCNC1.O=C(O)C(F)(F)F. The number of benzene rings is 2. The Morgan fingerprint density at radius 3 is 1.70 bits per heavy atom. The lowest BCUT2D eigenvalue weighted by molar-refractivity contribution is -0.385. The van der Waals surface area contributed by atoms with E-state index in [1.54, 1.807) is 0 Å². The fraction of sp³-hybridized carbons (Fsp3) is 0.346. The zero-order chi connectivity index (χ0) is 35.1. The van der Waals surface area contributed by atoms with Crippen molar-refractivity contribution in [1.82, 2.24) is 21.3 Å². The third-order valence-corrected chi connectivity index (χ3v) is 5.83. The van der Waals surface area contributed by atoms with Gasteiger partial charge in [-0.2, -0.15) is 13.2 Å². The Balaban J connectivity index is 0.000000984. The van der Waals surface area contributed by atoms with Crippen molar-refractivity contribution in [2.75, 3.05) is 13.1 Å². The summed E-state index contributed by atoms with van der Waals surface area (Å²) in [5.41, 5.74) is 0.680. The summed E-state index contributed by atoms with van der Waals surface area (Å²) in [6, 6.07) is 9.60. The van der Waals surface area contributed by atoms with Gasteiger partial charge in [-0.05, 0) is 55.3 Å². The maximum absolute atomic E-state index is 12.5. The molecular formula is C26H28F3N7O11. The zero-order valence-electron chi connectivity index (χ0n) is 24.3. The third kappa shape index (κ3) is 13.8. The van der Waals surface area contributed by atoms with Crippen LogP contribution in [0.5, 0.6) is 0 Å².